The quantitative estimate of drug-likeness (QED) is 0.515. The lowest BCUT2D eigenvalue weighted by atomic mass is 10.2. The van der Waals surface area contributed by atoms with Gasteiger partial charge in [-0.2, -0.15) is 0 Å². The third kappa shape index (κ3) is 5.13. The van der Waals surface area contributed by atoms with Crippen LogP contribution in [0, 0.1) is 6.92 Å². The van der Waals surface area contributed by atoms with Crippen LogP contribution in [-0.4, -0.2) is 72.0 Å². The van der Waals surface area contributed by atoms with Crippen LogP contribution in [0.1, 0.15) is 5.56 Å². The van der Waals surface area contributed by atoms with Gasteiger partial charge < -0.3 is 24.4 Å². The van der Waals surface area contributed by atoms with Crippen LogP contribution in [-0.2, 0) is 9.53 Å². The van der Waals surface area contributed by atoms with E-state index in [0.29, 0.717) is 37.3 Å². The summed E-state index contributed by atoms with van der Waals surface area (Å²) in [4.78, 5) is 14.8. The van der Waals surface area contributed by atoms with Gasteiger partial charge in [-0.05, 0) is 31.2 Å². The van der Waals surface area contributed by atoms with E-state index in [-0.39, 0.29) is 17.8 Å². The number of rotatable bonds is 7. The topological polar surface area (TPSA) is 90.7 Å². The third-order valence-corrected chi connectivity index (χ3v) is 6.56. The number of carbonyl (C=O) groups excluding carboxylic acids is 1. The third-order valence-electron chi connectivity index (χ3n) is 5.63. The number of benzene rings is 2. The zero-order valence-corrected chi connectivity index (χ0v) is 19.8. The van der Waals surface area contributed by atoms with E-state index in [1.54, 1.807) is 0 Å². The van der Waals surface area contributed by atoms with Gasteiger partial charge in [0.25, 0.3) is 0 Å². The molecule has 0 saturated carbocycles. The summed E-state index contributed by atoms with van der Waals surface area (Å²) in [7, 11) is 0. The first-order chi connectivity index (χ1) is 16.7. The number of hydrogen-bond donors (Lipinski definition) is 1. The number of thioether (sulfide) groups is 1. The van der Waals surface area contributed by atoms with Crippen LogP contribution in [0.2, 0.25) is 0 Å². The van der Waals surface area contributed by atoms with Gasteiger partial charge in [-0.1, -0.05) is 41.6 Å². The number of fused-ring (bicyclic) bond motifs is 1. The van der Waals surface area contributed by atoms with Crippen LogP contribution in [0.3, 0.4) is 0 Å². The van der Waals surface area contributed by atoms with Crippen molar-refractivity contribution in [3.8, 4) is 17.2 Å². The van der Waals surface area contributed by atoms with Gasteiger partial charge in [0, 0.05) is 13.1 Å². The summed E-state index contributed by atoms with van der Waals surface area (Å²) in [5, 5.41) is 12.5. The standard InChI is InChI=1S/C24H27N5O4S/c1-17-6-8-18(9-7-17)29-23(28-10-12-31-13-11-28)26-27-24(29)34-16-22(30)25-14-19-15-32-20-4-2-3-5-21(20)33-19/h2-9,19H,10-16H2,1H3,(H,25,30). The normalized spacial score (nSPS) is 17.4. The lowest BCUT2D eigenvalue weighted by molar-refractivity contribution is -0.119. The van der Waals surface area contributed by atoms with Crippen LogP contribution in [0.25, 0.3) is 5.69 Å². The van der Waals surface area contributed by atoms with E-state index in [1.807, 2.05) is 41.0 Å². The number of nitrogens with one attached hydrogen (secondary N) is 1. The Bertz CT molecular complexity index is 1130. The van der Waals surface area contributed by atoms with Crippen molar-refractivity contribution in [2.45, 2.75) is 18.2 Å². The predicted octanol–water partition coefficient (Wildman–Crippen LogP) is 2.46. The van der Waals surface area contributed by atoms with E-state index in [1.165, 1.54) is 17.3 Å². The van der Waals surface area contributed by atoms with Crippen LogP contribution in [0.4, 0.5) is 5.95 Å². The molecule has 1 unspecified atom stereocenters. The predicted molar refractivity (Wildman–Crippen MR) is 129 cm³/mol. The van der Waals surface area contributed by atoms with Gasteiger partial charge in [0.1, 0.15) is 12.7 Å². The average Bonchev–Trinajstić information content (AvgIpc) is 3.31. The highest BCUT2D eigenvalue weighted by molar-refractivity contribution is 7.99. The van der Waals surface area contributed by atoms with E-state index < -0.39 is 0 Å². The van der Waals surface area contributed by atoms with E-state index >= 15 is 0 Å². The summed E-state index contributed by atoms with van der Waals surface area (Å²) >= 11 is 1.36. The second-order valence-electron chi connectivity index (χ2n) is 8.14. The number of anilines is 1. The molecule has 10 heteroatoms. The number of amides is 1. The number of para-hydroxylation sites is 2. The molecule has 1 aromatic heterocycles. The molecule has 1 atom stereocenters. The van der Waals surface area contributed by atoms with Crippen molar-refractivity contribution in [3.63, 3.8) is 0 Å². The summed E-state index contributed by atoms with van der Waals surface area (Å²) in [6.07, 6.45) is -0.229. The maximum atomic E-state index is 12.6. The lowest BCUT2D eigenvalue weighted by Crippen LogP contribution is -2.41. The van der Waals surface area contributed by atoms with E-state index in [4.69, 9.17) is 14.2 Å². The van der Waals surface area contributed by atoms with E-state index in [0.717, 1.165) is 30.5 Å². The number of morpholine rings is 1. The van der Waals surface area contributed by atoms with Crippen molar-refractivity contribution < 1.29 is 19.0 Å². The van der Waals surface area contributed by atoms with Crippen molar-refractivity contribution in [1.29, 1.82) is 0 Å². The monoisotopic (exact) mass is 481 g/mol. The smallest absolute Gasteiger partial charge is 0.232 e. The van der Waals surface area contributed by atoms with E-state index in [9.17, 15) is 4.79 Å². The first-order valence-corrected chi connectivity index (χ1v) is 12.3. The molecule has 0 aliphatic carbocycles. The van der Waals surface area contributed by atoms with Gasteiger partial charge in [-0.3, -0.25) is 9.36 Å². The second-order valence-corrected chi connectivity index (χ2v) is 9.09. The van der Waals surface area contributed by atoms with Gasteiger partial charge in [0.05, 0.1) is 31.2 Å². The fourth-order valence-corrected chi connectivity index (χ4v) is 4.59. The molecule has 5 rings (SSSR count). The number of ether oxygens (including phenoxy) is 3. The molecule has 3 heterocycles. The second kappa shape index (κ2) is 10.4. The van der Waals surface area contributed by atoms with Crippen molar-refractivity contribution in [3.05, 3.63) is 54.1 Å². The number of aromatic nitrogens is 3. The maximum Gasteiger partial charge on any atom is 0.232 e. The molecule has 34 heavy (non-hydrogen) atoms. The van der Waals surface area contributed by atoms with Crippen LogP contribution >= 0.6 is 11.8 Å². The average molecular weight is 482 g/mol. The maximum absolute atomic E-state index is 12.6. The zero-order valence-electron chi connectivity index (χ0n) is 19.0. The minimum Gasteiger partial charge on any atom is -0.486 e. The van der Waals surface area contributed by atoms with Crippen LogP contribution in [0.15, 0.2) is 53.7 Å². The molecular formula is C24H27N5O4S. The minimum atomic E-state index is -0.229. The van der Waals surface area contributed by atoms with Crippen LogP contribution in [0.5, 0.6) is 11.5 Å². The summed E-state index contributed by atoms with van der Waals surface area (Å²) in [6.45, 7) is 5.64. The molecule has 3 aromatic rings. The molecule has 9 nitrogen and oxygen atoms in total. The van der Waals surface area contributed by atoms with Crippen molar-refractivity contribution >= 4 is 23.6 Å². The Labute approximate surface area is 202 Å². The van der Waals surface area contributed by atoms with Gasteiger partial charge in [0.15, 0.2) is 16.7 Å². The first kappa shape index (κ1) is 22.5. The van der Waals surface area contributed by atoms with Crippen molar-refractivity contribution in [1.82, 2.24) is 20.1 Å². The summed E-state index contributed by atoms with van der Waals surface area (Å²) < 4.78 is 19.1. The first-order valence-electron chi connectivity index (χ1n) is 11.3. The molecule has 0 radical (unpaired) electrons. The SMILES string of the molecule is Cc1ccc(-n2c(SCC(=O)NCC3COc4ccccc4O3)nnc2N2CCOCC2)cc1. The Morgan fingerprint density at radius 1 is 1.09 bits per heavy atom. The largest absolute Gasteiger partial charge is 0.486 e. The Hall–Kier alpha value is -3.24. The lowest BCUT2D eigenvalue weighted by Gasteiger charge is -2.28. The molecule has 2 aliphatic rings. The van der Waals surface area contributed by atoms with E-state index in [2.05, 4.69) is 39.5 Å². The summed E-state index contributed by atoms with van der Waals surface area (Å²) in [5.41, 5.74) is 2.14. The van der Waals surface area contributed by atoms with Gasteiger partial charge in [-0.25, -0.2) is 0 Å². The molecule has 0 spiro atoms. The number of carbonyl (C=O) groups is 1. The molecular weight excluding hydrogens is 454 g/mol. The molecule has 2 aromatic carbocycles. The molecule has 0 bridgehead atoms. The number of aryl methyl sites for hydroxylation is 1. The van der Waals surface area contributed by atoms with Gasteiger partial charge in [-0.15, -0.1) is 10.2 Å². The fourth-order valence-electron chi connectivity index (χ4n) is 3.82. The minimum absolute atomic E-state index is 0.0983. The molecule has 1 amide bonds. The number of hydrogen-bond acceptors (Lipinski definition) is 8. The Morgan fingerprint density at radius 2 is 1.85 bits per heavy atom. The molecule has 1 saturated heterocycles. The Kier molecular flexibility index (Phi) is 6.87. The highest BCUT2D eigenvalue weighted by Gasteiger charge is 2.24. The molecule has 1 N–H and O–H groups in total. The Balaban J connectivity index is 1.23. The summed E-state index contributed by atoms with van der Waals surface area (Å²) in [6, 6.07) is 15.7. The van der Waals surface area contributed by atoms with Gasteiger partial charge >= 0.3 is 0 Å². The Morgan fingerprint density at radius 3 is 2.65 bits per heavy atom. The zero-order chi connectivity index (χ0) is 23.3. The fraction of sp³-hybridized carbons (Fsp3) is 0.375. The summed E-state index contributed by atoms with van der Waals surface area (Å²) in [5.74, 6) is 2.31. The van der Waals surface area contributed by atoms with Gasteiger partial charge in [0.2, 0.25) is 11.9 Å². The molecule has 1 fully saturated rings. The molecule has 2 aliphatic heterocycles. The highest BCUT2D eigenvalue weighted by Crippen LogP contribution is 2.31. The van der Waals surface area contributed by atoms with Crippen molar-refractivity contribution in [2.24, 2.45) is 0 Å². The number of nitrogens with zero attached hydrogens (tertiary/aromatic N) is 4. The highest BCUT2D eigenvalue weighted by atomic mass is 32.2. The van der Waals surface area contributed by atoms with Crippen LogP contribution < -0.4 is 19.7 Å². The molecule has 178 valence electrons. The van der Waals surface area contributed by atoms with Crippen molar-refractivity contribution in [2.75, 3.05) is 50.1 Å².